The molecule has 2 aliphatic rings. The van der Waals surface area contributed by atoms with E-state index in [0.717, 1.165) is 19.6 Å². The Bertz CT molecular complexity index is 255. The Labute approximate surface area is 99.3 Å². The lowest BCUT2D eigenvalue weighted by atomic mass is 9.81. The van der Waals surface area contributed by atoms with Gasteiger partial charge in [0.25, 0.3) is 0 Å². The Kier molecular flexibility index (Phi) is 3.06. The fourth-order valence-electron chi connectivity index (χ4n) is 3.06. The van der Waals surface area contributed by atoms with Crippen LogP contribution in [0.2, 0.25) is 0 Å². The van der Waals surface area contributed by atoms with Gasteiger partial charge in [0, 0.05) is 25.2 Å². The van der Waals surface area contributed by atoms with E-state index in [-0.39, 0.29) is 5.54 Å². The highest BCUT2D eigenvalue weighted by molar-refractivity contribution is 5.10. The first-order chi connectivity index (χ1) is 7.41. The van der Waals surface area contributed by atoms with E-state index in [2.05, 4.69) is 32.6 Å². The van der Waals surface area contributed by atoms with Gasteiger partial charge < -0.3 is 10.5 Å². The number of hydrogen-bond donors (Lipinski definition) is 1. The summed E-state index contributed by atoms with van der Waals surface area (Å²) < 4.78 is 5.81. The SMILES string of the molecule is C[C@@H]1CN(C(C)(CN)C2(C)CC2)C[C@H](C)O1. The largest absolute Gasteiger partial charge is 0.373 e. The minimum absolute atomic E-state index is 0.152. The Morgan fingerprint density at radius 1 is 1.31 bits per heavy atom. The summed E-state index contributed by atoms with van der Waals surface area (Å²) in [6.45, 7) is 11.8. The molecular weight excluding hydrogens is 200 g/mol. The molecule has 3 heteroatoms. The Morgan fingerprint density at radius 2 is 1.81 bits per heavy atom. The van der Waals surface area contributed by atoms with Crippen molar-refractivity contribution < 1.29 is 4.74 Å². The fraction of sp³-hybridized carbons (Fsp3) is 1.00. The molecule has 3 nitrogen and oxygen atoms in total. The number of hydrogen-bond acceptors (Lipinski definition) is 3. The molecule has 0 radical (unpaired) electrons. The highest BCUT2D eigenvalue weighted by Crippen LogP contribution is 2.55. The van der Waals surface area contributed by atoms with Crippen LogP contribution in [0.25, 0.3) is 0 Å². The van der Waals surface area contributed by atoms with Gasteiger partial charge in [-0.25, -0.2) is 0 Å². The predicted octanol–water partition coefficient (Wildman–Crippen LogP) is 1.61. The van der Waals surface area contributed by atoms with Gasteiger partial charge in [0.2, 0.25) is 0 Å². The van der Waals surface area contributed by atoms with Gasteiger partial charge in [-0.15, -0.1) is 0 Å². The summed E-state index contributed by atoms with van der Waals surface area (Å²) in [6, 6.07) is 0. The molecule has 1 heterocycles. The van der Waals surface area contributed by atoms with Crippen LogP contribution >= 0.6 is 0 Å². The Balaban J connectivity index is 2.14. The first kappa shape index (κ1) is 12.3. The number of nitrogens with two attached hydrogens (primary N) is 1. The fourth-order valence-corrected chi connectivity index (χ4v) is 3.06. The van der Waals surface area contributed by atoms with E-state index >= 15 is 0 Å². The molecule has 0 aromatic carbocycles. The van der Waals surface area contributed by atoms with Crippen LogP contribution in [0.1, 0.15) is 40.5 Å². The summed E-state index contributed by atoms with van der Waals surface area (Å²) in [6.07, 6.45) is 3.30. The topological polar surface area (TPSA) is 38.5 Å². The first-order valence-electron chi connectivity index (χ1n) is 6.52. The van der Waals surface area contributed by atoms with Crippen molar-refractivity contribution in [3.63, 3.8) is 0 Å². The summed E-state index contributed by atoms with van der Waals surface area (Å²) in [5.74, 6) is 0. The van der Waals surface area contributed by atoms with Gasteiger partial charge >= 0.3 is 0 Å². The molecule has 0 aromatic heterocycles. The van der Waals surface area contributed by atoms with Crippen LogP contribution in [0.4, 0.5) is 0 Å². The first-order valence-corrected chi connectivity index (χ1v) is 6.52. The maximum absolute atomic E-state index is 6.07. The quantitative estimate of drug-likeness (QED) is 0.794. The van der Waals surface area contributed by atoms with E-state index in [0.29, 0.717) is 17.6 Å². The second-order valence-electron chi connectivity index (χ2n) is 6.20. The maximum Gasteiger partial charge on any atom is 0.0678 e. The lowest BCUT2D eigenvalue weighted by Crippen LogP contribution is -2.62. The van der Waals surface area contributed by atoms with Gasteiger partial charge in [-0.2, -0.15) is 0 Å². The minimum atomic E-state index is 0.152. The molecule has 0 bridgehead atoms. The van der Waals surface area contributed by atoms with Gasteiger partial charge in [-0.1, -0.05) is 6.92 Å². The summed E-state index contributed by atoms with van der Waals surface area (Å²) in [7, 11) is 0. The van der Waals surface area contributed by atoms with E-state index < -0.39 is 0 Å². The van der Waals surface area contributed by atoms with Crippen LogP contribution in [0.15, 0.2) is 0 Å². The molecule has 1 unspecified atom stereocenters. The van der Waals surface area contributed by atoms with E-state index in [9.17, 15) is 0 Å². The van der Waals surface area contributed by atoms with Crippen molar-refractivity contribution in [2.75, 3.05) is 19.6 Å². The van der Waals surface area contributed by atoms with Crippen molar-refractivity contribution in [1.29, 1.82) is 0 Å². The predicted molar refractivity (Wildman–Crippen MR) is 66.4 cm³/mol. The maximum atomic E-state index is 6.07. The molecular formula is C13H26N2O. The lowest BCUT2D eigenvalue weighted by Gasteiger charge is -2.50. The van der Waals surface area contributed by atoms with Crippen LogP contribution < -0.4 is 5.73 Å². The van der Waals surface area contributed by atoms with Crippen LogP contribution in [-0.4, -0.2) is 42.3 Å². The zero-order valence-electron chi connectivity index (χ0n) is 11.1. The molecule has 2 fully saturated rings. The van der Waals surface area contributed by atoms with Crippen LogP contribution in [0, 0.1) is 5.41 Å². The van der Waals surface area contributed by atoms with Gasteiger partial charge in [0.1, 0.15) is 0 Å². The summed E-state index contributed by atoms with van der Waals surface area (Å²) >= 11 is 0. The number of morpholine rings is 1. The summed E-state index contributed by atoms with van der Waals surface area (Å²) in [5, 5.41) is 0. The molecule has 2 rings (SSSR count). The average molecular weight is 226 g/mol. The molecule has 1 saturated carbocycles. The van der Waals surface area contributed by atoms with Crippen LogP contribution in [-0.2, 0) is 4.74 Å². The third-order valence-electron chi connectivity index (χ3n) is 4.82. The number of nitrogens with zero attached hydrogens (tertiary/aromatic N) is 1. The zero-order chi connectivity index (χ0) is 12.0. The van der Waals surface area contributed by atoms with E-state index in [1.807, 2.05) is 0 Å². The van der Waals surface area contributed by atoms with E-state index in [1.54, 1.807) is 0 Å². The highest BCUT2D eigenvalue weighted by atomic mass is 16.5. The summed E-state index contributed by atoms with van der Waals surface area (Å²) in [4.78, 5) is 2.57. The molecule has 1 saturated heterocycles. The van der Waals surface area contributed by atoms with E-state index in [4.69, 9.17) is 10.5 Å². The van der Waals surface area contributed by atoms with Gasteiger partial charge in [-0.3, -0.25) is 4.90 Å². The molecule has 0 spiro atoms. The normalized spacial score (nSPS) is 38.1. The second-order valence-corrected chi connectivity index (χ2v) is 6.20. The number of ether oxygens (including phenoxy) is 1. The van der Waals surface area contributed by atoms with Crippen molar-refractivity contribution >= 4 is 0 Å². The Hall–Kier alpha value is -0.120. The van der Waals surface area contributed by atoms with Crippen molar-refractivity contribution in [3.8, 4) is 0 Å². The highest BCUT2D eigenvalue weighted by Gasteiger charge is 2.55. The molecule has 0 aromatic rings. The molecule has 3 atom stereocenters. The standard InChI is InChI=1S/C13H26N2O/c1-10-7-15(8-11(2)16-10)13(4,9-14)12(3)5-6-12/h10-11H,5-9,14H2,1-4H3/t10-,11+,13?. The molecule has 1 aliphatic heterocycles. The van der Waals surface area contributed by atoms with Gasteiger partial charge in [0.15, 0.2) is 0 Å². The molecule has 16 heavy (non-hydrogen) atoms. The zero-order valence-corrected chi connectivity index (χ0v) is 11.1. The monoisotopic (exact) mass is 226 g/mol. The molecule has 0 amide bonds. The molecule has 2 N–H and O–H groups in total. The van der Waals surface area contributed by atoms with Crippen molar-refractivity contribution in [1.82, 2.24) is 4.90 Å². The lowest BCUT2D eigenvalue weighted by molar-refractivity contribution is -0.111. The average Bonchev–Trinajstić information content (AvgIpc) is 2.95. The number of rotatable bonds is 3. The molecule has 1 aliphatic carbocycles. The smallest absolute Gasteiger partial charge is 0.0678 e. The van der Waals surface area contributed by atoms with E-state index in [1.165, 1.54) is 12.8 Å². The van der Waals surface area contributed by atoms with Crippen molar-refractivity contribution in [2.45, 2.75) is 58.3 Å². The van der Waals surface area contributed by atoms with Crippen molar-refractivity contribution in [3.05, 3.63) is 0 Å². The third kappa shape index (κ3) is 1.89. The summed E-state index contributed by atoms with van der Waals surface area (Å²) in [5.41, 5.74) is 6.65. The third-order valence-corrected chi connectivity index (χ3v) is 4.82. The Morgan fingerprint density at radius 3 is 2.19 bits per heavy atom. The van der Waals surface area contributed by atoms with Crippen LogP contribution in [0.5, 0.6) is 0 Å². The van der Waals surface area contributed by atoms with Gasteiger partial charge in [0.05, 0.1) is 12.2 Å². The minimum Gasteiger partial charge on any atom is -0.373 e. The second kappa shape index (κ2) is 3.97. The van der Waals surface area contributed by atoms with Crippen LogP contribution in [0.3, 0.4) is 0 Å². The molecule has 94 valence electrons. The van der Waals surface area contributed by atoms with Gasteiger partial charge in [-0.05, 0) is 39.0 Å². The van der Waals surface area contributed by atoms with Crippen molar-refractivity contribution in [2.24, 2.45) is 11.1 Å².